The largest absolute Gasteiger partial charge is 0.492 e. The third-order valence-electron chi connectivity index (χ3n) is 8.75. The Morgan fingerprint density at radius 3 is 2.12 bits per heavy atom. The second kappa shape index (κ2) is 17.6. The first-order valence-corrected chi connectivity index (χ1v) is 15.7. The molecule has 0 aromatic heterocycles. The van der Waals surface area contributed by atoms with Crippen molar-refractivity contribution in [3.63, 3.8) is 0 Å². The Morgan fingerprint density at radius 2 is 1.46 bits per heavy atom. The van der Waals surface area contributed by atoms with E-state index in [1.165, 1.54) is 56.1 Å². The Bertz CT molecular complexity index is 993. The van der Waals surface area contributed by atoms with Crippen LogP contribution < -0.4 is 14.2 Å². The van der Waals surface area contributed by atoms with E-state index in [1.807, 2.05) is 24.3 Å². The van der Waals surface area contributed by atoms with Gasteiger partial charge in [0, 0.05) is 31.6 Å². The number of methoxy groups -OCH3 is 2. The van der Waals surface area contributed by atoms with Crippen molar-refractivity contribution in [2.75, 3.05) is 34.4 Å². The van der Waals surface area contributed by atoms with Crippen molar-refractivity contribution in [3.05, 3.63) is 53.6 Å². The van der Waals surface area contributed by atoms with Gasteiger partial charge in [0.2, 0.25) is 0 Å². The highest BCUT2D eigenvalue weighted by Gasteiger charge is 2.42. The van der Waals surface area contributed by atoms with Crippen LogP contribution in [-0.2, 0) is 14.9 Å². The molecule has 0 radical (unpaired) electrons. The third kappa shape index (κ3) is 9.90. The van der Waals surface area contributed by atoms with Crippen molar-refractivity contribution < 1.29 is 28.8 Å². The summed E-state index contributed by atoms with van der Waals surface area (Å²) in [5.41, 5.74) is 2.36. The van der Waals surface area contributed by atoms with Crippen LogP contribution in [0.1, 0.15) is 108 Å². The minimum absolute atomic E-state index is 0.132. The van der Waals surface area contributed by atoms with Crippen molar-refractivity contribution in [1.29, 1.82) is 0 Å². The molecule has 41 heavy (non-hydrogen) atoms. The molecule has 0 aliphatic carbocycles. The second-order valence-corrected chi connectivity index (χ2v) is 12.0. The van der Waals surface area contributed by atoms with E-state index >= 15 is 0 Å². The van der Waals surface area contributed by atoms with Gasteiger partial charge in [-0.15, -0.1) is 0 Å². The van der Waals surface area contributed by atoms with Crippen LogP contribution in [0.4, 0.5) is 0 Å². The van der Waals surface area contributed by atoms with Gasteiger partial charge in [-0.3, -0.25) is 0 Å². The molecule has 1 N–H and O–H groups in total. The maximum atomic E-state index is 10.2. The van der Waals surface area contributed by atoms with Crippen molar-refractivity contribution >= 4 is 0 Å². The molecule has 6 heteroatoms. The molecule has 0 saturated carbocycles. The summed E-state index contributed by atoms with van der Waals surface area (Å²) in [6.45, 7) is 7.74. The van der Waals surface area contributed by atoms with E-state index in [2.05, 4.69) is 39.0 Å². The number of rotatable bonds is 20. The SMILES string of the molecule is CCCC(O)C(C)CCCCCCCCC[C@@H]1c2ccc(OCOC)cc2OC[C@]1(C)c1ccc(OCOC)cc1. The first-order valence-electron chi connectivity index (χ1n) is 15.7. The van der Waals surface area contributed by atoms with E-state index in [-0.39, 0.29) is 25.1 Å². The Morgan fingerprint density at radius 1 is 0.854 bits per heavy atom. The topological polar surface area (TPSA) is 66.4 Å². The zero-order chi connectivity index (χ0) is 29.5. The Kier molecular flexibility index (Phi) is 14.3. The molecular formula is C35H54O6. The maximum Gasteiger partial charge on any atom is 0.188 e. The van der Waals surface area contributed by atoms with Gasteiger partial charge < -0.3 is 28.8 Å². The number of ether oxygens (including phenoxy) is 5. The average Bonchev–Trinajstić information content (AvgIpc) is 2.99. The first-order chi connectivity index (χ1) is 19.9. The van der Waals surface area contributed by atoms with Crippen LogP contribution in [0.25, 0.3) is 0 Å². The zero-order valence-electron chi connectivity index (χ0n) is 26.2. The summed E-state index contributed by atoms with van der Waals surface area (Å²) in [7, 11) is 3.26. The smallest absolute Gasteiger partial charge is 0.188 e. The number of aliphatic hydroxyl groups is 1. The molecule has 1 aliphatic heterocycles. The molecule has 2 aromatic rings. The molecule has 1 heterocycles. The molecule has 2 aromatic carbocycles. The molecular weight excluding hydrogens is 516 g/mol. The Hall–Kier alpha value is -2.28. The minimum atomic E-state index is -0.152. The van der Waals surface area contributed by atoms with Crippen LogP contribution in [-0.4, -0.2) is 45.6 Å². The van der Waals surface area contributed by atoms with Crippen LogP contribution in [0.5, 0.6) is 17.2 Å². The third-order valence-corrected chi connectivity index (χ3v) is 8.75. The molecule has 230 valence electrons. The van der Waals surface area contributed by atoms with Crippen molar-refractivity contribution in [3.8, 4) is 17.2 Å². The van der Waals surface area contributed by atoms with E-state index in [1.54, 1.807) is 14.2 Å². The van der Waals surface area contributed by atoms with Gasteiger partial charge in [0.05, 0.1) is 12.7 Å². The number of hydrogen-bond acceptors (Lipinski definition) is 6. The summed E-state index contributed by atoms with van der Waals surface area (Å²) in [5, 5.41) is 10.2. The van der Waals surface area contributed by atoms with Crippen LogP contribution in [0.3, 0.4) is 0 Å². The molecule has 2 unspecified atom stereocenters. The van der Waals surface area contributed by atoms with Crippen molar-refractivity contribution in [2.45, 2.75) is 109 Å². The molecule has 0 amide bonds. The molecule has 0 fully saturated rings. The lowest BCUT2D eigenvalue weighted by Gasteiger charge is -2.43. The quantitative estimate of drug-likeness (QED) is 0.127. The Balaban J connectivity index is 1.57. The standard InChI is InChI=1S/C35H54O6/c1-6-14-33(36)27(2)15-12-10-8-7-9-11-13-16-32-31-22-21-30(41-26-38-5)23-34(31)39-24-35(32,3)28-17-19-29(20-18-28)40-25-37-4/h17-23,27,32-33,36H,6-16,24-26H2,1-5H3/t27?,32-,33?,35-/m1/s1. The Labute approximate surface area is 248 Å². The maximum absolute atomic E-state index is 10.2. The van der Waals surface area contributed by atoms with Gasteiger partial charge in [-0.1, -0.05) is 90.3 Å². The monoisotopic (exact) mass is 570 g/mol. The van der Waals surface area contributed by atoms with E-state index in [0.717, 1.165) is 42.9 Å². The highest BCUT2D eigenvalue weighted by atomic mass is 16.7. The summed E-state index contributed by atoms with van der Waals surface area (Å²) in [5.74, 6) is 3.24. The van der Waals surface area contributed by atoms with Gasteiger partial charge >= 0.3 is 0 Å². The van der Waals surface area contributed by atoms with E-state index in [4.69, 9.17) is 23.7 Å². The summed E-state index contributed by atoms with van der Waals surface area (Å²) >= 11 is 0. The van der Waals surface area contributed by atoms with E-state index in [9.17, 15) is 5.11 Å². The zero-order valence-corrected chi connectivity index (χ0v) is 26.2. The number of aliphatic hydroxyl groups excluding tert-OH is 1. The van der Waals surface area contributed by atoms with Crippen LogP contribution in [0.15, 0.2) is 42.5 Å². The van der Waals surface area contributed by atoms with Gasteiger partial charge in [0.25, 0.3) is 0 Å². The predicted molar refractivity (Wildman–Crippen MR) is 165 cm³/mol. The predicted octanol–water partition coefficient (Wildman–Crippen LogP) is 8.39. The lowest BCUT2D eigenvalue weighted by atomic mass is 9.66. The van der Waals surface area contributed by atoms with E-state index in [0.29, 0.717) is 18.4 Å². The molecule has 0 spiro atoms. The number of benzene rings is 2. The molecule has 6 nitrogen and oxygen atoms in total. The summed E-state index contributed by atoms with van der Waals surface area (Å²) in [6.07, 6.45) is 12.9. The van der Waals surface area contributed by atoms with Gasteiger partial charge in [0.1, 0.15) is 17.2 Å². The van der Waals surface area contributed by atoms with Crippen LogP contribution in [0.2, 0.25) is 0 Å². The van der Waals surface area contributed by atoms with Crippen LogP contribution >= 0.6 is 0 Å². The fourth-order valence-corrected chi connectivity index (χ4v) is 6.10. The van der Waals surface area contributed by atoms with Gasteiger partial charge in [0.15, 0.2) is 13.6 Å². The number of hydrogen-bond donors (Lipinski definition) is 1. The molecule has 1 aliphatic rings. The highest BCUT2D eigenvalue weighted by Crippen LogP contribution is 2.50. The molecule has 0 bridgehead atoms. The van der Waals surface area contributed by atoms with E-state index < -0.39 is 0 Å². The highest BCUT2D eigenvalue weighted by molar-refractivity contribution is 5.48. The lowest BCUT2D eigenvalue weighted by molar-refractivity contribution is 0.0505. The van der Waals surface area contributed by atoms with Gasteiger partial charge in [-0.05, 0) is 54.5 Å². The first kappa shape index (κ1) is 33.2. The molecule has 4 atom stereocenters. The number of fused-ring (bicyclic) bond motifs is 1. The van der Waals surface area contributed by atoms with Crippen molar-refractivity contribution in [1.82, 2.24) is 0 Å². The van der Waals surface area contributed by atoms with Crippen LogP contribution in [0, 0.1) is 5.92 Å². The minimum Gasteiger partial charge on any atom is -0.492 e. The van der Waals surface area contributed by atoms with Gasteiger partial charge in [-0.2, -0.15) is 0 Å². The summed E-state index contributed by atoms with van der Waals surface area (Å²) in [4.78, 5) is 0. The molecule has 0 saturated heterocycles. The average molecular weight is 571 g/mol. The number of unbranched alkanes of at least 4 members (excludes halogenated alkanes) is 6. The van der Waals surface area contributed by atoms with Crippen molar-refractivity contribution in [2.24, 2.45) is 5.92 Å². The van der Waals surface area contributed by atoms with Gasteiger partial charge in [-0.25, -0.2) is 0 Å². The fourth-order valence-electron chi connectivity index (χ4n) is 6.10. The fraction of sp³-hybridized carbons (Fsp3) is 0.657. The second-order valence-electron chi connectivity index (χ2n) is 12.0. The lowest BCUT2D eigenvalue weighted by Crippen LogP contribution is -2.40. The summed E-state index contributed by atoms with van der Waals surface area (Å²) < 4.78 is 27.8. The normalized spacial score (nSPS) is 19.7. The summed E-state index contributed by atoms with van der Waals surface area (Å²) in [6, 6.07) is 14.6. The molecule has 3 rings (SSSR count).